The van der Waals surface area contributed by atoms with Gasteiger partial charge in [0.2, 0.25) is 4.77 Å². The number of carbonyl (C=O) groups is 1. The van der Waals surface area contributed by atoms with Gasteiger partial charge in [0.1, 0.15) is 29.3 Å². The first-order valence-corrected chi connectivity index (χ1v) is 13.1. The number of benzene rings is 1. The van der Waals surface area contributed by atoms with E-state index in [0.717, 1.165) is 0 Å². The van der Waals surface area contributed by atoms with Gasteiger partial charge >= 0.3 is 13.7 Å². The van der Waals surface area contributed by atoms with E-state index in [2.05, 4.69) is 10.1 Å². The van der Waals surface area contributed by atoms with Crippen molar-refractivity contribution in [2.45, 2.75) is 63.9 Å². The fourth-order valence-corrected chi connectivity index (χ4v) is 5.23. The molecule has 4 N–H and O–H groups in total. The Bertz CT molecular complexity index is 1170. The molecule has 1 aromatic carbocycles. The van der Waals surface area contributed by atoms with Crippen molar-refractivity contribution in [2.24, 2.45) is 0 Å². The molecule has 1 aliphatic rings. The van der Waals surface area contributed by atoms with Crippen LogP contribution < -0.4 is 15.3 Å². The van der Waals surface area contributed by atoms with Crippen LogP contribution in [0.15, 0.2) is 42.6 Å². The second kappa shape index (κ2) is 11.3. The third kappa shape index (κ3) is 6.67. The Morgan fingerprint density at radius 2 is 2.03 bits per heavy atom. The minimum absolute atomic E-state index is 0.0220. The second-order valence-corrected chi connectivity index (χ2v) is 10.8. The standard InChI is InChI=1S/C22H30FN4O7PS/c1-13(2)32-19(28)14(3)26-35(30,34-15-8-6-5-7-9-15)31-12-16-18(23)22(4,29)20(33-16)27-11-10-17(24)25-21(27)36/h5-11,13-14,16,18,20,29H,12H2,1-4H3,(H,26,30)(H2,24,25,36)/t14-,16+,18?,20+,22+,35?/m0/s1. The van der Waals surface area contributed by atoms with Crippen LogP contribution in [-0.2, 0) is 23.4 Å². The van der Waals surface area contributed by atoms with E-state index in [9.17, 15) is 14.5 Å². The van der Waals surface area contributed by atoms with Crippen molar-refractivity contribution in [3.63, 3.8) is 0 Å². The molecule has 2 heterocycles. The number of esters is 1. The number of nitrogens with one attached hydrogen (secondary N) is 1. The normalized spacial score (nSPS) is 26.4. The van der Waals surface area contributed by atoms with Crippen LogP contribution in [0.4, 0.5) is 10.2 Å². The molecule has 1 aliphatic heterocycles. The lowest BCUT2D eigenvalue weighted by molar-refractivity contribution is -0.149. The van der Waals surface area contributed by atoms with Gasteiger partial charge in [0.15, 0.2) is 12.4 Å². The third-order valence-electron chi connectivity index (χ3n) is 5.23. The van der Waals surface area contributed by atoms with Gasteiger partial charge in [0.25, 0.3) is 0 Å². The first-order valence-electron chi connectivity index (χ1n) is 11.2. The van der Waals surface area contributed by atoms with Gasteiger partial charge in [0.05, 0.1) is 12.7 Å². The first-order chi connectivity index (χ1) is 16.8. The lowest BCUT2D eigenvalue weighted by Crippen LogP contribution is -2.42. The highest BCUT2D eigenvalue weighted by Crippen LogP contribution is 2.47. The lowest BCUT2D eigenvalue weighted by Gasteiger charge is -2.27. The summed E-state index contributed by atoms with van der Waals surface area (Å²) in [6, 6.07) is 8.46. The molecule has 0 spiro atoms. The van der Waals surface area contributed by atoms with Crippen molar-refractivity contribution < 1.29 is 37.4 Å². The van der Waals surface area contributed by atoms with Gasteiger partial charge < -0.3 is 24.8 Å². The van der Waals surface area contributed by atoms with Crippen molar-refractivity contribution >= 4 is 31.8 Å². The lowest BCUT2D eigenvalue weighted by atomic mass is 9.98. The van der Waals surface area contributed by atoms with Crippen LogP contribution in [0.5, 0.6) is 5.75 Å². The molecule has 3 rings (SSSR count). The molecule has 0 aliphatic carbocycles. The number of hydrogen-bond donors (Lipinski definition) is 3. The molecule has 0 saturated carbocycles. The number of hydrogen-bond acceptors (Lipinski definition) is 10. The van der Waals surface area contributed by atoms with Gasteiger partial charge in [-0.3, -0.25) is 13.9 Å². The fraction of sp³-hybridized carbons (Fsp3) is 0.500. The Kier molecular flexibility index (Phi) is 8.86. The van der Waals surface area contributed by atoms with Gasteiger partial charge in [-0.25, -0.2) is 13.9 Å². The van der Waals surface area contributed by atoms with E-state index in [-0.39, 0.29) is 16.3 Å². The number of nitrogens with zero attached hydrogens (tertiary/aromatic N) is 2. The maximum absolute atomic E-state index is 15.3. The smallest absolute Gasteiger partial charge is 0.459 e. The highest BCUT2D eigenvalue weighted by Gasteiger charge is 2.55. The molecule has 1 saturated heterocycles. The Labute approximate surface area is 213 Å². The topological polar surface area (TPSA) is 147 Å². The first kappa shape index (κ1) is 28.2. The van der Waals surface area contributed by atoms with Gasteiger partial charge in [-0.1, -0.05) is 18.2 Å². The fourth-order valence-electron chi connectivity index (χ4n) is 3.47. The summed E-state index contributed by atoms with van der Waals surface area (Å²) in [6.07, 6.45) is -3.56. The Balaban J connectivity index is 1.79. The second-order valence-electron chi connectivity index (χ2n) is 8.73. The molecular formula is C22H30FN4O7PS. The molecule has 0 amide bonds. The van der Waals surface area contributed by atoms with Crippen molar-refractivity contribution in [3.05, 3.63) is 47.4 Å². The summed E-state index contributed by atoms with van der Waals surface area (Å²) in [5, 5.41) is 13.4. The number of rotatable bonds is 10. The largest absolute Gasteiger partial charge is 0.462 e. The molecule has 0 bridgehead atoms. The number of ether oxygens (including phenoxy) is 2. The van der Waals surface area contributed by atoms with Crippen molar-refractivity contribution in [2.75, 3.05) is 12.3 Å². The number of aromatic nitrogens is 2. The number of para-hydroxylation sites is 1. The van der Waals surface area contributed by atoms with Gasteiger partial charge in [-0.2, -0.15) is 5.09 Å². The molecule has 1 fully saturated rings. The zero-order valence-electron chi connectivity index (χ0n) is 20.2. The predicted molar refractivity (Wildman–Crippen MR) is 131 cm³/mol. The van der Waals surface area contributed by atoms with Crippen LogP contribution in [0.2, 0.25) is 0 Å². The number of carbonyl (C=O) groups excluding carboxylic acids is 1. The molecule has 14 heteroatoms. The van der Waals surface area contributed by atoms with E-state index in [4.69, 9.17) is 36.5 Å². The van der Waals surface area contributed by atoms with Crippen LogP contribution in [0, 0.1) is 4.77 Å². The summed E-state index contributed by atoms with van der Waals surface area (Å²) in [5.74, 6) is -0.342. The highest BCUT2D eigenvalue weighted by molar-refractivity contribution is 7.71. The van der Waals surface area contributed by atoms with E-state index < -0.39 is 56.6 Å². The van der Waals surface area contributed by atoms with Crippen molar-refractivity contribution in [3.8, 4) is 5.75 Å². The number of aliphatic hydroxyl groups is 1. The van der Waals surface area contributed by atoms with Gasteiger partial charge in [0, 0.05) is 6.20 Å². The maximum atomic E-state index is 15.3. The van der Waals surface area contributed by atoms with E-state index in [1.54, 1.807) is 32.0 Å². The average Bonchev–Trinajstić information content (AvgIpc) is 3.01. The van der Waals surface area contributed by atoms with Crippen molar-refractivity contribution in [1.29, 1.82) is 0 Å². The molecule has 2 aromatic rings. The third-order valence-corrected chi connectivity index (χ3v) is 7.17. The van der Waals surface area contributed by atoms with Gasteiger partial charge in [-0.05, 0) is 58.1 Å². The molecule has 11 nitrogen and oxygen atoms in total. The summed E-state index contributed by atoms with van der Waals surface area (Å²) in [4.78, 5) is 16.2. The van der Waals surface area contributed by atoms with Gasteiger partial charge in [-0.15, -0.1) is 0 Å². The molecule has 198 valence electrons. The SMILES string of the molecule is CC(C)OC(=O)[C@H](C)NP(=O)(OC[C@H]1O[C@@H](n2ccc(N)nc2=S)[C@](C)(O)C1F)Oc1ccccc1. The minimum atomic E-state index is -4.26. The molecule has 6 atom stereocenters. The molecule has 36 heavy (non-hydrogen) atoms. The van der Waals surface area contributed by atoms with E-state index in [1.165, 1.54) is 42.8 Å². The summed E-state index contributed by atoms with van der Waals surface area (Å²) in [5.41, 5.74) is 3.59. The zero-order valence-corrected chi connectivity index (χ0v) is 21.9. The van der Waals surface area contributed by atoms with Crippen LogP contribution >= 0.6 is 20.0 Å². The molecule has 0 radical (unpaired) electrons. The summed E-state index contributed by atoms with van der Waals surface area (Å²) in [7, 11) is -4.26. The van der Waals surface area contributed by atoms with E-state index >= 15 is 4.39 Å². The number of nitrogens with two attached hydrogens (primary N) is 1. The zero-order chi connectivity index (χ0) is 26.7. The Hall–Kier alpha value is -2.41. The molecular weight excluding hydrogens is 514 g/mol. The van der Waals surface area contributed by atoms with E-state index in [0.29, 0.717) is 0 Å². The number of halogens is 1. The molecule has 1 aromatic heterocycles. The highest BCUT2D eigenvalue weighted by atomic mass is 32.1. The average molecular weight is 545 g/mol. The Morgan fingerprint density at radius 3 is 2.64 bits per heavy atom. The summed E-state index contributed by atoms with van der Waals surface area (Å²) >= 11 is 5.16. The molecule has 2 unspecified atom stereocenters. The minimum Gasteiger partial charge on any atom is -0.462 e. The van der Waals surface area contributed by atoms with Crippen LogP contribution in [0.25, 0.3) is 0 Å². The number of alkyl halides is 1. The van der Waals surface area contributed by atoms with E-state index in [1.807, 2.05) is 0 Å². The summed E-state index contributed by atoms with van der Waals surface area (Å²) in [6.45, 7) is 5.42. The van der Waals surface area contributed by atoms with Crippen molar-refractivity contribution in [1.82, 2.24) is 14.6 Å². The number of nitrogen functional groups attached to an aromatic ring is 1. The number of anilines is 1. The van der Waals surface area contributed by atoms with Crippen LogP contribution in [0.1, 0.15) is 33.9 Å². The van der Waals surface area contributed by atoms with Crippen LogP contribution in [-0.4, -0.2) is 57.3 Å². The Morgan fingerprint density at radius 1 is 1.36 bits per heavy atom. The monoisotopic (exact) mass is 544 g/mol. The quantitative estimate of drug-likeness (QED) is 0.230. The maximum Gasteiger partial charge on any atom is 0.459 e. The van der Waals surface area contributed by atoms with Crippen LogP contribution in [0.3, 0.4) is 0 Å². The summed E-state index contributed by atoms with van der Waals surface area (Å²) < 4.78 is 52.0. The predicted octanol–water partition coefficient (Wildman–Crippen LogP) is 3.31.